The molecule has 3 heterocycles. The molecule has 2 aromatic carbocycles. The van der Waals surface area contributed by atoms with Crippen molar-refractivity contribution in [3.05, 3.63) is 67.0 Å². The zero-order valence-electron chi connectivity index (χ0n) is 18.9. The van der Waals surface area contributed by atoms with Gasteiger partial charge in [0.15, 0.2) is 5.82 Å². The Kier molecular flexibility index (Phi) is 5.93. The topological polar surface area (TPSA) is 72.4 Å². The summed E-state index contributed by atoms with van der Waals surface area (Å²) in [6, 6.07) is 18.4. The molecule has 1 aliphatic rings. The van der Waals surface area contributed by atoms with Crippen molar-refractivity contribution in [1.82, 2.24) is 15.0 Å². The molecule has 0 atom stereocenters. The summed E-state index contributed by atoms with van der Waals surface area (Å²) < 4.78 is 10.8. The Morgan fingerprint density at radius 3 is 2.36 bits per heavy atom. The zero-order chi connectivity index (χ0) is 22.6. The van der Waals surface area contributed by atoms with Gasteiger partial charge in [-0.25, -0.2) is 9.97 Å². The monoisotopic (exact) mass is 441 g/mol. The van der Waals surface area contributed by atoms with Crippen LogP contribution >= 0.6 is 0 Å². The van der Waals surface area contributed by atoms with Crippen LogP contribution in [-0.2, 0) is 0 Å². The Labute approximate surface area is 193 Å². The number of piperidine rings is 1. The molecule has 4 aromatic rings. The van der Waals surface area contributed by atoms with Gasteiger partial charge in [0.1, 0.15) is 17.3 Å². The highest BCUT2D eigenvalue weighted by molar-refractivity contribution is 5.91. The Hall–Kier alpha value is -3.87. The molecule has 0 saturated carbocycles. The molecule has 0 unspecified atom stereocenters. The number of anilines is 2. The predicted molar refractivity (Wildman–Crippen MR) is 131 cm³/mol. The van der Waals surface area contributed by atoms with E-state index in [1.165, 1.54) is 0 Å². The lowest BCUT2D eigenvalue weighted by molar-refractivity contribution is 0.394. The number of nitrogens with zero attached hydrogens (tertiary/aromatic N) is 4. The van der Waals surface area contributed by atoms with Crippen LogP contribution < -0.4 is 19.7 Å². The van der Waals surface area contributed by atoms with E-state index >= 15 is 0 Å². The van der Waals surface area contributed by atoms with Crippen LogP contribution in [0.2, 0.25) is 0 Å². The molecule has 5 rings (SSSR count). The molecular formula is C26H27N5O2. The minimum absolute atomic E-state index is 0.365. The quantitative estimate of drug-likeness (QED) is 0.461. The van der Waals surface area contributed by atoms with E-state index in [-0.39, 0.29) is 0 Å². The molecule has 1 N–H and O–H groups in total. The molecule has 0 spiro atoms. The van der Waals surface area contributed by atoms with E-state index in [1.54, 1.807) is 20.4 Å². The van der Waals surface area contributed by atoms with Crippen LogP contribution in [0.1, 0.15) is 12.8 Å². The Morgan fingerprint density at radius 1 is 0.909 bits per heavy atom. The molecule has 0 amide bonds. The first-order chi connectivity index (χ1) is 16.2. The van der Waals surface area contributed by atoms with E-state index in [0.717, 1.165) is 65.4 Å². The number of pyridine rings is 1. The predicted octanol–water partition coefficient (Wildman–Crippen LogP) is 4.79. The van der Waals surface area contributed by atoms with Crippen molar-refractivity contribution in [3.8, 4) is 22.9 Å². The second kappa shape index (κ2) is 9.32. The van der Waals surface area contributed by atoms with Gasteiger partial charge in [0, 0.05) is 66.4 Å². The summed E-state index contributed by atoms with van der Waals surface area (Å²) in [6.07, 6.45) is 5.58. The van der Waals surface area contributed by atoms with Crippen molar-refractivity contribution in [2.45, 2.75) is 18.9 Å². The average Bonchev–Trinajstić information content (AvgIpc) is 2.88. The number of ether oxygens (including phenoxy) is 2. The minimum atomic E-state index is 0.365. The van der Waals surface area contributed by atoms with Crippen LogP contribution in [0.4, 0.5) is 11.5 Å². The van der Waals surface area contributed by atoms with Gasteiger partial charge in [-0.15, -0.1) is 0 Å². The molecular weight excluding hydrogens is 414 g/mol. The van der Waals surface area contributed by atoms with Crippen LogP contribution in [0, 0.1) is 0 Å². The standard InChI is InChI=1S/C26H27N5O2/c1-32-21-14-20(15-22(16-21)33-2)28-19-9-12-31(13-10-19)26-23-7-3-4-8-24(23)29-25(30-26)18-6-5-11-27-17-18/h3-8,11,14-17,19,28H,9-10,12-13H2,1-2H3. The van der Waals surface area contributed by atoms with Gasteiger partial charge in [-0.1, -0.05) is 12.1 Å². The van der Waals surface area contributed by atoms with Gasteiger partial charge in [-0.3, -0.25) is 4.98 Å². The number of para-hydroxylation sites is 1. The largest absolute Gasteiger partial charge is 0.497 e. The van der Waals surface area contributed by atoms with Crippen molar-refractivity contribution in [2.75, 3.05) is 37.5 Å². The zero-order valence-corrected chi connectivity index (χ0v) is 18.9. The first-order valence-electron chi connectivity index (χ1n) is 11.2. The second-order valence-corrected chi connectivity index (χ2v) is 8.14. The molecule has 0 aliphatic carbocycles. The minimum Gasteiger partial charge on any atom is -0.497 e. The first-order valence-corrected chi connectivity index (χ1v) is 11.2. The lowest BCUT2D eigenvalue weighted by Gasteiger charge is -2.34. The van der Waals surface area contributed by atoms with Gasteiger partial charge >= 0.3 is 0 Å². The third-order valence-corrected chi connectivity index (χ3v) is 6.02. The van der Waals surface area contributed by atoms with Crippen LogP contribution in [0.5, 0.6) is 11.5 Å². The highest BCUT2D eigenvalue weighted by Gasteiger charge is 2.23. The first kappa shape index (κ1) is 21.0. The number of fused-ring (bicyclic) bond motifs is 1. The Balaban J connectivity index is 1.36. The van der Waals surface area contributed by atoms with Gasteiger partial charge in [-0.2, -0.15) is 0 Å². The van der Waals surface area contributed by atoms with E-state index in [0.29, 0.717) is 11.9 Å². The summed E-state index contributed by atoms with van der Waals surface area (Å²) in [5.41, 5.74) is 2.88. The number of nitrogens with one attached hydrogen (secondary N) is 1. The van der Waals surface area contributed by atoms with Crippen LogP contribution in [0.25, 0.3) is 22.3 Å². The molecule has 1 aliphatic heterocycles. The molecule has 0 bridgehead atoms. The van der Waals surface area contributed by atoms with Gasteiger partial charge in [0.2, 0.25) is 0 Å². The number of benzene rings is 2. The van der Waals surface area contributed by atoms with Crippen molar-refractivity contribution < 1.29 is 9.47 Å². The van der Waals surface area contributed by atoms with Crippen molar-refractivity contribution >= 4 is 22.4 Å². The van der Waals surface area contributed by atoms with Crippen LogP contribution in [0.15, 0.2) is 67.0 Å². The van der Waals surface area contributed by atoms with Gasteiger partial charge in [0.05, 0.1) is 19.7 Å². The number of aromatic nitrogens is 3. The van der Waals surface area contributed by atoms with Crippen LogP contribution in [-0.4, -0.2) is 48.3 Å². The molecule has 1 fully saturated rings. The van der Waals surface area contributed by atoms with Crippen molar-refractivity contribution in [1.29, 1.82) is 0 Å². The number of rotatable bonds is 6. The maximum absolute atomic E-state index is 5.40. The molecule has 33 heavy (non-hydrogen) atoms. The summed E-state index contributed by atoms with van der Waals surface area (Å²) in [5.74, 6) is 3.26. The normalized spacial score (nSPS) is 14.3. The van der Waals surface area contributed by atoms with E-state index in [2.05, 4.69) is 21.3 Å². The third kappa shape index (κ3) is 4.53. The lowest BCUT2D eigenvalue weighted by Crippen LogP contribution is -2.39. The fraction of sp³-hybridized carbons (Fsp3) is 0.269. The maximum Gasteiger partial charge on any atom is 0.163 e. The van der Waals surface area contributed by atoms with E-state index in [4.69, 9.17) is 19.4 Å². The number of hydrogen-bond donors (Lipinski definition) is 1. The summed E-state index contributed by atoms with van der Waals surface area (Å²) in [6.45, 7) is 1.82. The van der Waals surface area contributed by atoms with Gasteiger partial charge in [-0.05, 0) is 37.1 Å². The Bertz CT molecular complexity index is 1220. The summed E-state index contributed by atoms with van der Waals surface area (Å²) in [5, 5.41) is 4.73. The summed E-state index contributed by atoms with van der Waals surface area (Å²) in [4.78, 5) is 16.4. The number of hydrogen-bond acceptors (Lipinski definition) is 7. The fourth-order valence-corrected chi connectivity index (χ4v) is 4.29. The average molecular weight is 442 g/mol. The highest BCUT2D eigenvalue weighted by atomic mass is 16.5. The van der Waals surface area contributed by atoms with E-state index in [1.807, 2.05) is 54.7 Å². The van der Waals surface area contributed by atoms with Gasteiger partial charge in [0.25, 0.3) is 0 Å². The molecule has 0 radical (unpaired) electrons. The lowest BCUT2D eigenvalue weighted by atomic mass is 10.0. The van der Waals surface area contributed by atoms with Crippen LogP contribution in [0.3, 0.4) is 0 Å². The van der Waals surface area contributed by atoms with Crippen molar-refractivity contribution in [3.63, 3.8) is 0 Å². The van der Waals surface area contributed by atoms with Crippen molar-refractivity contribution in [2.24, 2.45) is 0 Å². The van der Waals surface area contributed by atoms with E-state index in [9.17, 15) is 0 Å². The highest BCUT2D eigenvalue weighted by Crippen LogP contribution is 2.31. The fourth-order valence-electron chi connectivity index (χ4n) is 4.29. The van der Waals surface area contributed by atoms with E-state index < -0.39 is 0 Å². The maximum atomic E-state index is 5.40. The molecule has 7 heteroatoms. The third-order valence-electron chi connectivity index (χ3n) is 6.02. The SMILES string of the molecule is COc1cc(NC2CCN(c3nc(-c4cccnc4)nc4ccccc34)CC2)cc(OC)c1. The number of methoxy groups -OCH3 is 2. The molecule has 1 saturated heterocycles. The molecule has 7 nitrogen and oxygen atoms in total. The summed E-state index contributed by atoms with van der Waals surface area (Å²) >= 11 is 0. The molecule has 168 valence electrons. The van der Waals surface area contributed by atoms with Gasteiger partial charge < -0.3 is 19.7 Å². The smallest absolute Gasteiger partial charge is 0.163 e. The second-order valence-electron chi connectivity index (χ2n) is 8.14. The Morgan fingerprint density at radius 2 is 1.67 bits per heavy atom. The molecule has 2 aromatic heterocycles. The summed E-state index contributed by atoms with van der Waals surface area (Å²) in [7, 11) is 3.34.